The lowest BCUT2D eigenvalue weighted by Crippen LogP contribution is -2.16. The molecule has 0 aliphatic rings. The number of aromatic nitrogens is 3. The Morgan fingerprint density at radius 3 is 2.65 bits per heavy atom. The zero-order valence-corrected chi connectivity index (χ0v) is 18.0. The van der Waals surface area contributed by atoms with E-state index in [4.69, 9.17) is 16.3 Å². The number of hydrogen-bond donors (Lipinski definition) is 2. The molecule has 4 rings (SSSR count). The van der Waals surface area contributed by atoms with Crippen molar-refractivity contribution in [1.82, 2.24) is 14.6 Å². The molecule has 0 atom stereocenters. The van der Waals surface area contributed by atoms with Gasteiger partial charge >= 0.3 is 0 Å². The average Bonchev–Trinajstić information content (AvgIpc) is 3.30. The molecule has 0 aliphatic heterocycles. The van der Waals surface area contributed by atoms with Gasteiger partial charge in [0.1, 0.15) is 5.75 Å². The number of ether oxygens (including phenoxy) is 1. The number of carbonyl (C=O) groups excluding carboxylic acids is 2. The van der Waals surface area contributed by atoms with Gasteiger partial charge in [-0.2, -0.15) is 4.98 Å². The predicted molar refractivity (Wildman–Crippen MR) is 121 cm³/mol. The van der Waals surface area contributed by atoms with Gasteiger partial charge in [0, 0.05) is 23.6 Å². The van der Waals surface area contributed by atoms with Crippen molar-refractivity contribution in [1.29, 1.82) is 0 Å². The number of nitrogens with one attached hydrogen (secondary N) is 2. The smallest absolute Gasteiger partial charge is 0.250 e. The number of halogens is 1. The number of carbonyl (C=O) groups is 2. The molecule has 4 aromatic rings. The van der Waals surface area contributed by atoms with Crippen LogP contribution < -0.4 is 15.4 Å². The van der Waals surface area contributed by atoms with Crippen molar-refractivity contribution in [3.8, 4) is 17.0 Å². The van der Waals surface area contributed by atoms with Crippen LogP contribution in [0, 0.1) is 0 Å². The highest BCUT2D eigenvalue weighted by molar-refractivity contribution is 7.15. The summed E-state index contributed by atoms with van der Waals surface area (Å²) < 4.78 is 7.21. The number of rotatable bonds is 7. The van der Waals surface area contributed by atoms with E-state index in [-0.39, 0.29) is 30.8 Å². The zero-order chi connectivity index (χ0) is 21.8. The van der Waals surface area contributed by atoms with E-state index in [9.17, 15) is 9.59 Å². The first-order chi connectivity index (χ1) is 15.0. The molecule has 0 fully saturated rings. The molecule has 2 amide bonds. The van der Waals surface area contributed by atoms with Crippen LogP contribution in [0.4, 0.5) is 11.6 Å². The summed E-state index contributed by atoms with van der Waals surface area (Å²) in [6, 6.07) is 14.5. The lowest BCUT2D eigenvalue weighted by Gasteiger charge is -2.07. The molecule has 0 saturated carbocycles. The summed E-state index contributed by atoms with van der Waals surface area (Å²) in [5, 5.41) is 12.3. The van der Waals surface area contributed by atoms with E-state index in [1.165, 1.54) is 18.3 Å². The third kappa shape index (κ3) is 5.01. The van der Waals surface area contributed by atoms with Gasteiger partial charge in [-0.25, -0.2) is 4.52 Å². The Morgan fingerprint density at radius 1 is 1.13 bits per heavy atom. The Bertz CT molecular complexity index is 1240. The number of hydrogen-bond acceptors (Lipinski definition) is 6. The highest BCUT2D eigenvalue weighted by Gasteiger charge is 2.14. The van der Waals surface area contributed by atoms with Gasteiger partial charge in [0.25, 0.3) is 0 Å². The second-order valence-electron chi connectivity index (χ2n) is 6.59. The molecule has 0 radical (unpaired) electrons. The maximum Gasteiger partial charge on any atom is 0.250 e. The molecule has 8 nitrogen and oxygen atoms in total. The van der Waals surface area contributed by atoms with Gasteiger partial charge in [-0.15, -0.1) is 16.4 Å². The normalized spacial score (nSPS) is 10.8. The first-order valence-corrected chi connectivity index (χ1v) is 10.6. The highest BCUT2D eigenvalue weighted by atomic mass is 35.5. The minimum Gasteiger partial charge on any atom is -0.491 e. The fourth-order valence-electron chi connectivity index (χ4n) is 2.86. The van der Waals surface area contributed by atoms with Crippen molar-refractivity contribution in [2.45, 2.75) is 13.3 Å². The molecule has 2 N–H and O–H groups in total. The van der Waals surface area contributed by atoms with Gasteiger partial charge in [0.15, 0.2) is 0 Å². The Balaban J connectivity index is 1.39. The lowest BCUT2D eigenvalue weighted by molar-refractivity contribution is -0.117. The van der Waals surface area contributed by atoms with Gasteiger partial charge < -0.3 is 10.1 Å². The molecular formula is C21H18ClN5O3S. The molecule has 10 heteroatoms. The van der Waals surface area contributed by atoms with Crippen LogP contribution in [-0.4, -0.2) is 33.0 Å². The van der Waals surface area contributed by atoms with E-state index in [0.29, 0.717) is 21.4 Å². The largest absolute Gasteiger partial charge is 0.491 e. The van der Waals surface area contributed by atoms with Crippen LogP contribution in [0.2, 0.25) is 5.02 Å². The van der Waals surface area contributed by atoms with E-state index in [0.717, 1.165) is 11.3 Å². The Kier molecular flexibility index (Phi) is 6.15. The fourth-order valence-corrected chi connectivity index (χ4v) is 3.88. The molecule has 31 heavy (non-hydrogen) atoms. The molecule has 0 saturated heterocycles. The lowest BCUT2D eigenvalue weighted by atomic mass is 10.1. The van der Waals surface area contributed by atoms with Crippen LogP contribution in [-0.2, 0) is 9.59 Å². The molecular weight excluding hydrogens is 438 g/mol. The van der Waals surface area contributed by atoms with Crippen LogP contribution in [0.15, 0.2) is 53.9 Å². The summed E-state index contributed by atoms with van der Waals surface area (Å²) in [7, 11) is 0. The third-order valence-corrected chi connectivity index (χ3v) is 5.39. The first kappa shape index (κ1) is 20.8. The molecule has 0 aliphatic carbocycles. The number of amides is 2. The summed E-state index contributed by atoms with van der Waals surface area (Å²) in [5.74, 6) is 0.378. The zero-order valence-electron chi connectivity index (χ0n) is 16.5. The molecule has 0 spiro atoms. The van der Waals surface area contributed by atoms with E-state index >= 15 is 0 Å². The maximum absolute atomic E-state index is 12.2. The van der Waals surface area contributed by atoms with Crippen LogP contribution in [0.3, 0.4) is 0 Å². The number of fused-ring (bicyclic) bond motifs is 1. The van der Waals surface area contributed by atoms with E-state index in [1.807, 2.05) is 41.8 Å². The van der Waals surface area contributed by atoms with E-state index < -0.39 is 0 Å². The van der Waals surface area contributed by atoms with E-state index in [1.54, 1.807) is 16.6 Å². The van der Waals surface area contributed by atoms with Crippen molar-refractivity contribution >= 4 is 51.3 Å². The third-order valence-electron chi connectivity index (χ3n) is 4.26. The Morgan fingerprint density at radius 2 is 1.90 bits per heavy atom. The van der Waals surface area contributed by atoms with Gasteiger partial charge in [-0.1, -0.05) is 35.9 Å². The molecule has 158 valence electrons. The summed E-state index contributed by atoms with van der Waals surface area (Å²) >= 11 is 7.45. The predicted octanol–water partition coefficient (Wildman–Crippen LogP) is 4.48. The quantitative estimate of drug-likeness (QED) is 0.428. The van der Waals surface area contributed by atoms with Crippen LogP contribution >= 0.6 is 22.9 Å². The summed E-state index contributed by atoms with van der Waals surface area (Å²) in [5.41, 5.74) is 2.47. The monoisotopic (exact) mass is 455 g/mol. The molecule has 2 aromatic heterocycles. The molecule has 0 bridgehead atoms. The number of para-hydroxylation sites is 1. The minimum atomic E-state index is -0.258. The van der Waals surface area contributed by atoms with Crippen molar-refractivity contribution in [3.05, 3.63) is 58.9 Å². The van der Waals surface area contributed by atoms with Crippen LogP contribution in [0.25, 0.3) is 16.2 Å². The SMILES string of the molecule is CC(=O)Nc1ccc(-c2csc3nc(NC(=O)CCOc4ccccc4Cl)nn23)cc1. The Hall–Kier alpha value is -3.43. The van der Waals surface area contributed by atoms with Crippen molar-refractivity contribution < 1.29 is 14.3 Å². The van der Waals surface area contributed by atoms with Crippen LogP contribution in [0.5, 0.6) is 5.75 Å². The number of thiazole rings is 1. The van der Waals surface area contributed by atoms with Crippen molar-refractivity contribution in [3.63, 3.8) is 0 Å². The van der Waals surface area contributed by atoms with Gasteiger partial charge in [0.05, 0.1) is 23.7 Å². The molecule has 2 aromatic carbocycles. The molecule has 2 heterocycles. The Labute approximate surface area is 186 Å². The second-order valence-corrected chi connectivity index (χ2v) is 7.83. The van der Waals surface area contributed by atoms with Gasteiger partial charge in [-0.05, 0) is 24.3 Å². The van der Waals surface area contributed by atoms with Crippen LogP contribution in [0.1, 0.15) is 13.3 Å². The maximum atomic E-state index is 12.2. The number of nitrogens with zero attached hydrogens (tertiary/aromatic N) is 3. The summed E-state index contributed by atoms with van der Waals surface area (Å²) in [6.45, 7) is 1.65. The van der Waals surface area contributed by atoms with E-state index in [2.05, 4.69) is 20.7 Å². The average molecular weight is 456 g/mol. The van der Waals surface area contributed by atoms with Gasteiger partial charge in [0.2, 0.25) is 22.7 Å². The van der Waals surface area contributed by atoms with Gasteiger partial charge in [-0.3, -0.25) is 14.9 Å². The number of benzene rings is 2. The van der Waals surface area contributed by atoms with Crippen molar-refractivity contribution in [2.75, 3.05) is 17.2 Å². The summed E-state index contributed by atoms with van der Waals surface area (Å²) in [4.78, 5) is 28.4. The summed E-state index contributed by atoms with van der Waals surface area (Å²) in [6.07, 6.45) is 0.134. The first-order valence-electron chi connectivity index (χ1n) is 9.39. The standard InChI is InChI=1S/C21H18ClN5O3S/c1-13(28)23-15-8-6-14(7-9-15)17-12-31-21-25-20(26-27(17)21)24-19(29)10-11-30-18-5-3-2-4-16(18)22/h2-9,12H,10-11H2,1H3,(H,23,28)(H,24,26,29). The fraction of sp³-hybridized carbons (Fsp3) is 0.143. The van der Waals surface area contributed by atoms with Crippen molar-refractivity contribution in [2.24, 2.45) is 0 Å². The highest BCUT2D eigenvalue weighted by Crippen LogP contribution is 2.27. The number of anilines is 2. The second kappa shape index (κ2) is 9.15. The minimum absolute atomic E-state index is 0.125. The molecule has 0 unspecified atom stereocenters. The topological polar surface area (TPSA) is 97.6 Å².